The van der Waals surface area contributed by atoms with Crippen LogP contribution in [0.4, 0.5) is 23.3 Å². The van der Waals surface area contributed by atoms with Crippen LogP contribution < -0.4 is 31.6 Å². The van der Waals surface area contributed by atoms with Gasteiger partial charge >= 0.3 is 0 Å². The molecule has 4 unspecified atom stereocenters. The van der Waals surface area contributed by atoms with Crippen molar-refractivity contribution in [3.8, 4) is 11.5 Å². The Kier molecular flexibility index (Phi) is 28.8. The highest BCUT2D eigenvalue weighted by molar-refractivity contribution is 5.86. The quantitative estimate of drug-likeness (QED) is 0.0225. The van der Waals surface area contributed by atoms with Crippen LogP contribution in [0.1, 0.15) is 117 Å². The largest absolute Gasteiger partial charge is 0.497 e. The molecule has 4 fully saturated rings. The van der Waals surface area contributed by atoms with Crippen LogP contribution in [0.15, 0.2) is 281 Å². The van der Waals surface area contributed by atoms with Crippen LogP contribution >= 0.6 is 0 Å². The number of nitrogens with one attached hydrogen (secondary N) is 2. The lowest BCUT2D eigenvalue weighted by atomic mass is 9.77. The Morgan fingerprint density at radius 3 is 0.947 bits per heavy atom. The molecule has 0 amide bonds. The Morgan fingerprint density at radius 2 is 0.632 bits per heavy atom. The number of hydrogen-bond donors (Lipinski definition) is 10. The van der Waals surface area contributed by atoms with Gasteiger partial charge in [0.2, 0.25) is 0 Å². The minimum atomic E-state index is -1.02. The molecule has 20 rings (SSSR count). The maximum Gasteiger partial charge on any atom is 0.167 e. The summed E-state index contributed by atoms with van der Waals surface area (Å²) < 4.78 is 53.8. The van der Waals surface area contributed by atoms with Crippen molar-refractivity contribution >= 4 is 67.9 Å². The number of ether oxygens (including phenoxy) is 8. The molecule has 8 aromatic heterocycles. The topological polar surface area (TPSA) is 446 Å². The Bertz CT molecular complexity index is 6250. The molecule has 0 bridgehead atoms. The summed E-state index contributed by atoms with van der Waals surface area (Å²) in [7, 11) is 3.24. The van der Waals surface area contributed by atoms with E-state index < -0.39 is 90.9 Å². The van der Waals surface area contributed by atoms with Gasteiger partial charge in [-0.15, -0.1) is 0 Å². The molecular weight excluding hydrogens is 1690 g/mol. The van der Waals surface area contributed by atoms with Gasteiger partial charge in [-0.2, -0.15) is 0 Å². The summed E-state index contributed by atoms with van der Waals surface area (Å²) in [4.78, 5) is 52.6. The van der Waals surface area contributed by atoms with Crippen LogP contribution in [0.3, 0.4) is 0 Å². The minimum Gasteiger partial charge on any atom is -0.497 e. The highest BCUT2D eigenvalue weighted by Crippen LogP contribution is 2.46. The van der Waals surface area contributed by atoms with E-state index in [0.29, 0.717) is 69.3 Å². The molecule has 16 aromatic rings. The predicted molar refractivity (Wildman–Crippen MR) is 498 cm³/mol. The first-order valence-corrected chi connectivity index (χ1v) is 43.7. The zero-order valence-corrected chi connectivity index (χ0v) is 73.3. The number of anilines is 4. The van der Waals surface area contributed by atoms with Gasteiger partial charge in [0, 0.05) is 11.8 Å². The number of aliphatic hydroxyl groups excluding tert-OH is 6. The number of benzene rings is 8. The first-order chi connectivity index (χ1) is 64.5. The molecule has 8 aromatic carbocycles. The Hall–Kier alpha value is -13.7. The lowest BCUT2D eigenvalue weighted by Gasteiger charge is -2.37. The Labute approximate surface area is 767 Å². The van der Waals surface area contributed by atoms with Crippen molar-refractivity contribution in [3.63, 3.8) is 0 Å². The molecule has 4 saturated heterocycles. The molecule has 133 heavy (non-hydrogen) atoms. The summed E-state index contributed by atoms with van der Waals surface area (Å²) in [6.07, 6.45) is 4.78. The van der Waals surface area contributed by atoms with Crippen LogP contribution in [-0.4, -0.2) is 197 Å². The summed E-state index contributed by atoms with van der Waals surface area (Å²) in [6, 6.07) is 77.2. The van der Waals surface area contributed by atoms with Crippen molar-refractivity contribution in [1.82, 2.24) is 78.1 Å². The normalized spacial score (nSPS) is 22.7. The van der Waals surface area contributed by atoms with Crippen LogP contribution in [0.5, 0.6) is 11.5 Å². The molecule has 0 spiro atoms. The fraction of sp³-hybridized carbons (Fsp3) is 0.313. The molecule has 4 aliphatic heterocycles. The van der Waals surface area contributed by atoms with E-state index in [-0.39, 0.29) is 56.8 Å². The van der Waals surface area contributed by atoms with Crippen molar-refractivity contribution in [1.29, 1.82) is 0 Å². The van der Waals surface area contributed by atoms with Crippen molar-refractivity contribution in [2.75, 3.05) is 49.5 Å². The summed E-state index contributed by atoms with van der Waals surface area (Å²) in [5.74, 6) is 3.04. The standard InChI is InChI=1S/C38H37N5O4.C31H31N5O2.C18H21N5O5.C11H15N5O3.CH4/c1-3-31-33(44)34(46-23-26-19-21-30(45-2)22-20-26)37(47-31)43-25-41-32-35(39-24-40-36(32)43)42-38(27-13-7-4-8-14-27,28-15-9-5-10-16-28)29-17-11-6-12-18-29;1-3-25-21(2)27(37)30(38-25)36-20-34-26-28(32-19-33-29(26)36)35-31(22-13-7-4-8-14-22,23-15-9-5-10-16-23)24-17-11-6-12-18-24;1-26-11-4-2-10(3-5-11)7-27-15-14(25)12(6-24)28-18(15)23-9-22-13-16(19)20-8-21-17(13)23;1-5-6(2-17)19-11(8(5)18)16-4-15-7-9(12)13-3-14-10(7)16;/h4-22,24-25,31,33-34,37,44H,3,23H2,1-2H3,(H,39,40,42);4-21,25,27,30,37H,3H2,1-2H3,(H,32,33,35);2-5,8-9,12,14-15,18,24-25H,6-7H2,1H3,(H2,19,20,21);3-6,8,11,17-18H,2H2,1H3,(H2,12,13,14);1H4/t31-,33?,34+,37-;21?,25-,27+,30-;12-,14?,15+,18-;5?,6-,8+,11-;/m1111./s1. The number of fused-ring (bicyclic) bond motifs is 4. The van der Waals surface area contributed by atoms with Gasteiger partial charge in [0.25, 0.3) is 0 Å². The highest BCUT2D eigenvalue weighted by atomic mass is 16.6. The second-order valence-corrected chi connectivity index (χ2v) is 32.6. The molecule has 34 heteroatoms. The molecule has 0 saturated carbocycles. The fourth-order valence-electron chi connectivity index (χ4n) is 17.7. The first-order valence-electron chi connectivity index (χ1n) is 43.7. The molecule has 0 aliphatic carbocycles. The van der Waals surface area contributed by atoms with Crippen LogP contribution in [0, 0.1) is 11.8 Å². The van der Waals surface area contributed by atoms with E-state index in [2.05, 4.69) is 135 Å². The summed E-state index contributed by atoms with van der Waals surface area (Å²) in [6.45, 7) is 7.97. The first kappa shape index (κ1) is 92.5. The van der Waals surface area contributed by atoms with Crippen molar-refractivity contribution in [3.05, 3.63) is 326 Å². The average molecular weight is 1800 g/mol. The van der Waals surface area contributed by atoms with Gasteiger partial charge in [-0.05, 0) is 81.6 Å². The number of nitrogens with zero attached hydrogens (tertiary/aromatic N) is 16. The summed E-state index contributed by atoms with van der Waals surface area (Å²) in [5.41, 5.74) is 22.4. The fourth-order valence-corrected chi connectivity index (χ4v) is 17.7. The second-order valence-electron chi connectivity index (χ2n) is 32.6. The zero-order valence-electron chi connectivity index (χ0n) is 73.3. The monoisotopic (exact) mass is 1800 g/mol. The van der Waals surface area contributed by atoms with Crippen molar-refractivity contribution in [2.24, 2.45) is 11.8 Å². The van der Waals surface area contributed by atoms with Gasteiger partial charge in [0.15, 0.2) is 81.8 Å². The molecule has 34 nitrogen and oxygen atoms in total. The molecule has 12 heterocycles. The van der Waals surface area contributed by atoms with Gasteiger partial charge in [-0.1, -0.05) is 241 Å². The molecular formula is C99H108N20O14. The third-order valence-corrected chi connectivity index (χ3v) is 24.9. The van der Waals surface area contributed by atoms with E-state index in [9.17, 15) is 30.6 Å². The average Bonchev–Trinajstić information content (AvgIpc) is 1.71. The van der Waals surface area contributed by atoms with Crippen molar-refractivity contribution < 1.29 is 68.5 Å². The number of rotatable bonds is 26. The maximum atomic E-state index is 11.3. The van der Waals surface area contributed by atoms with E-state index in [4.69, 9.17) is 64.3 Å². The number of methoxy groups -OCH3 is 2. The van der Waals surface area contributed by atoms with E-state index in [1.807, 2.05) is 188 Å². The number of aromatic nitrogens is 16. The number of nitrogen functional groups attached to an aromatic ring is 2. The molecule has 16 atom stereocenters. The maximum absolute atomic E-state index is 11.3. The van der Waals surface area contributed by atoms with Gasteiger partial charge in [-0.3, -0.25) is 18.3 Å². The number of hydrogen-bond acceptors (Lipinski definition) is 30. The van der Waals surface area contributed by atoms with Crippen molar-refractivity contribution in [2.45, 2.75) is 158 Å². The van der Waals surface area contributed by atoms with Crippen LogP contribution in [-0.2, 0) is 52.7 Å². The van der Waals surface area contributed by atoms with E-state index >= 15 is 0 Å². The van der Waals surface area contributed by atoms with Crippen LogP contribution in [0.2, 0.25) is 0 Å². The summed E-state index contributed by atoms with van der Waals surface area (Å²) in [5, 5.41) is 69.4. The summed E-state index contributed by atoms with van der Waals surface area (Å²) >= 11 is 0. The third-order valence-electron chi connectivity index (χ3n) is 24.9. The zero-order chi connectivity index (χ0) is 91.6. The molecule has 4 aliphatic rings. The number of imidazole rings is 4. The number of aliphatic hydroxyl groups is 6. The van der Waals surface area contributed by atoms with E-state index in [1.165, 1.54) is 38.0 Å². The van der Waals surface area contributed by atoms with E-state index in [0.717, 1.165) is 62.4 Å². The Balaban J connectivity index is 0.000000135. The smallest absolute Gasteiger partial charge is 0.167 e. The van der Waals surface area contributed by atoms with Gasteiger partial charge < -0.3 is 90.6 Å². The third kappa shape index (κ3) is 18.5. The SMILES string of the molecule is C.CC1[C@@H](CO)O[C@@H](n2cnc3c(N)ncnc32)[C@H]1O.CC[C@H]1O[C@@H](n2cnc3c(NC(c4ccccc4)(c4ccccc4)c4ccccc4)ncnc32)[C@@H](O)C1C.CC[C@H]1O[C@@H](n2cnc3c(NC(c4ccccc4)(c4ccccc4)c4ccccc4)ncnc32)[C@@H](OCc2ccc(OC)cc2)C1O.COc1ccc(CO[C@H]2C(O)[C@@H](CO)O[C@H]2n2cnc3c(N)ncnc32)cc1. The second kappa shape index (κ2) is 41.4. The lowest BCUT2D eigenvalue weighted by Crippen LogP contribution is -2.38. The predicted octanol–water partition coefficient (Wildman–Crippen LogP) is 12.2. The van der Waals surface area contributed by atoms with Gasteiger partial charge in [0.05, 0.1) is 84.3 Å². The lowest BCUT2D eigenvalue weighted by molar-refractivity contribution is -0.0761. The molecule has 12 N–H and O–H groups in total. The molecule has 688 valence electrons. The van der Waals surface area contributed by atoms with Gasteiger partial charge in [-0.25, -0.2) is 59.8 Å². The van der Waals surface area contributed by atoms with Gasteiger partial charge in [0.1, 0.15) is 102 Å². The minimum absolute atomic E-state index is 0. The van der Waals surface area contributed by atoms with E-state index in [1.54, 1.807) is 36.0 Å². The molecule has 0 radical (unpaired) electrons. The Morgan fingerprint density at radius 1 is 0.346 bits per heavy atom. The number of nitrogens with two attached hydrogens (primary N) is 2. The van der Waals surface area contributed by atoms with Crippen LogP contribution in [0.25, 0.3) is 44.7 Å². The highest BCUT2D eigenvalue weighted by Gasteiger charge is 2.49.